The molecule has 0 spiro atoms. The zero-order chi connectivity index (χ0) is 17.3. The SMILES string of the molecule is Cc1c(OC(=O)c2ccccc2O)c(=O)n(-c2ccccc2)n1C. The Morgan fingerprint density at radius 3 is 2.33 bits per heavy atom. The number of phenols is 1. The summed E-state index contributed by atoms with van der Waals surface area (Å²) in [5.41, 5.74) is 0.738. The van der Waals surface area contributed by atoms with Crippen molar-refractivity contribution in [1.29, 1.82) is 0 Å². The molecule has 0 amide bonds. The van der Waals surface area contributed by atoms with Gasteiger partial charge in [-0.25, -0.2) is 9.48 Å². The monoisotopic (exact) mass is 324 g/mol. The molecule has 1 aromatic heterocycles. The van der Waals surface area contributed by atoms with E-state index in [-0.39, 0.29) is 17.1 Å². The fourth-order valence-corrected chi connectivity index (χ4v) is 2.46. The van der Waals surface area contributed by atoms with Crippen LogP contribution in [0.5, 0.6) is 11.5 Å². The number of aromatic hydroxyl groups is 1. The number of hydrogen-bond donors (Lipinski definition) is 1. The highest BCUT2D eigenvalue weighted by Gasteiger charge is 2.22. The number of esters is 1. The minimum absolute atomic E-state index is 0.00594. The standard InChI is InChI=1S/C18H16N2O4/c1-12-16(24-18(23)14-10-6-7-11-15(14)21)17(22)20(19(12)2)13-8-4-3-5-9-13/h3-11,21H,1-2H3. The van der Waals surface area contributed by atoms with Crippen molar-refractivity contribution in [3.63, 3.8) is 0 Å². The Bertz CT molecular complexity index is 955. The Morgan fingerprint density at radius 1 is 1.04 bits per heavy atom. The van der Waals surface area contributed by atoms with Gasteiger partial charge < -0.3 is 9.84 Å². The van der Waals surface area contributed by atoms with E-state index in [1.54, 1.807) is 42.9 Å². The van der Waals surface area contributed by atoms with Crippen LogP contribution in [-0.2, 0) is 7.05 Å². The van der Waals surface area contributed by atoms with Gasteiger partial charge in [0, 0.05) is 7.05 Å². The first-order chi connectivity index (χ1) is 11.5. The molecule has 0 bridgehead atoms. The van der Waals surface area contributed by atoms with E-state index in [2.05, 4.69) is 0 Å². The van der Waals surface area contributed by atoms with E-state index in [1.165, 1.54) is 16.8 Å². The molecule has 0 aliphatic rings. The molecule has 24 heavy (non-hydrogen) atoms. The van der Waals surface area contributed by atoms with Gasteiger partial charge in [0.05, 0.1) is 11.4 Å². The smallest absolute Gasteiger partial charge is 0.347 e. The van der Waals surface area contributed by atoms with E-state index in [0.717, 1.165) is 0 Å². The van der Waals surface area contributed by atoms with Gasteiger partial charge in [0.1, 0.15) is 11.3 Å². The molecule has 0 aliphatic carbocycles. The Labute approximate surface area is 138 Å². The lowest BCUT2D eigenvalue weighted by atomic mass is 10.2. The third-order valence-electron chi connectivity index (χ3n) is 3.82. The van der Waals surface area contributed by atoms with Crippen LogP contribution in [0.15, 0.2) is 59.4 Å². The maximum absolute atomic E-state index is 12.7. The van der Waals surface area contributed by atoms with E-state index >= 15 is 0 Å². The molecule has 0 unspecified atom stereocenters. The second-order valence-corrected chi connectivity index (χ2v) is 5.30. The second kappa shape index (κ2) is 6.08. The lowest BCUT2D eigenvalue weighted by Crippen LogP contribution is -2.21. The molecule has 0 atom stereocenters. The summed E-state index contributed by atoms with van der Waals surface area (Å²) >= 11 is 0. The molecule has 0 radical (unpaired) electrons. The Kier molecular flexibility index (Phi) is 3.95. The number of carbonyl (C=O) groups excluding carboxylic acids is 1. The van der Waals surface area contributed by atoms with Gasteiger partial charge in [0.25, 0.3) is 0 Å². The number of hydrogen-bond acceptors (Lipinski definition) is 4. The van der Waals surface area contributed by atoms with Crippen molar-refractivity contribution < 1.29 is 14.6 Å². The van der Waals surface area contributed by atoms with E-state index < -0.39 is 11.5 Å². The fourth-order valence-electron chi connectivity index (χ4n) is 2.46. The summed E-state index contributed by atoms with van der Waals surface area (Å²) in [6.07, 6.45) is 0. The molecule has 6 nitrogen and oxygen atoms in total. The predicted molar refractivity (Wildman–Crippen MR) is 88.8 cm³/mol. The molecule has 0 saturated carbocycles. The van der Waals surface area contributed by atoms with Crippen LogP contribution in [0.3, 0.4) is 0 Å². The summed E-state index contributed by atoms with van der Waals surface area (Å²) in [6, 6.07) is 15.1. The molecular weight excluding hydrogens is 308 g/mol. The highest BCUT2D eigenvalue weighted by molar-refractivity contribution is 5.93. The summed E-state index contributed by atoms with van der Waals surface area (Å²) in [7, 11) is 1.71. The Hall–Kier alpha value is -3.28. The summed E-state index contributed by atoms with van der Waals surface area (Å²) in [4.78, 5) is 24.9. The molecule has 2 aromatic carbocycles. The number of rotatable bonds is 3. The topological polar surface area (TPSA) is 73.5 Å². The van der Waals surface area contributed by atoms with Crippen molar-refractivity contribution in [3.8, 4) is 17.2 Å². The van der Waals surface area contributed by atoms with E-state index in [4.69, 9.17) is 4.74 Å². The number of benzene rings is 2. The van der Waals surface area contributed by atoms with Crippen LogP contribution in [0.25, 0.3) is 5.69 Å². The molecule has 1 heterocycles. The van der Waals surface area contributed by atoms with Crippen molar-refractivity contribution >= 4 is 5.97 Å². The number of carbonyl (C=O) groups is 1. The minimum atomic E-state index is -0.779. The van der Waals surface area contributed by atoms with Gasteiger partial charge in [-0.3, -0.25) is 9.48 Å². The third-order valence-corrected chi connectivity index (χ3v) is 3.82. The predicted octanol–water partition coefficient (Wildman–Crippen LogP) is 2.41. The van der Waals surface area contributed by atoms with Crippen LogP contribution in [0.2, 0.25) is 0 Å². The van der Waals surface area contributed by atoms with Gasteiger partial charge in [0.2, 0.25) is 5.75 Å². The van der Waals surface area contributed by atoms with Crippen LogP contribution in [0, 0.1) is 6.92 Å². The molecule has 0 aliphatic heterocycles. The average molecular weight is 324 g/mol. The zero-order valence-corrected chi connectivity index (χ0v) is 13.3. The molecular formula is C18H16N2O4. The van der Waals surface area contributed by atoms with E-state index in [1.807, 2.05) is 18.2 Å². The van der Waals surface area contributed by atoms with Gasteiger partial charge in [-0.15, -0.1) is 0 Å². The Balaban J connectivity index is 2.03. The van der Waals surface area contributed by atoms with Gasteiger partial charge in [0.15, 0.2) is 0 Å². The van der Waals surface area contributed by atoms with Crippen LogP contribution in [-0.4, -0.2) is 20.4 Å². The summed E-state index contributed by atoms with van der Waals surface area (Å²) < 4.78 is 8.31. The van der Waals surface area contributed by atoms with E-state index in [9.17, 15) is 14.7 Å². The van der Waals surface area contributed by atoms with Crippen LogP contribution < -0.4 is 10.3 Å². The molecule has 6 heteroatoms. The van der Waals surface area contributed by atoms with Crippen LogP contribution in [0.4, 0.5) is 0 Å². The van der Waals surface area contributed by atoms with Gasteiger partial charge in [-0.1, -0.05) is 30.3 Å². The first-order valence-corrected chi connectivity index (χ1v) is 7.35. The average Bonchev–Trinajstić information content (AvgIpc) is 2.79. The molecule has 3 aromatic rings. The van der Waals surface area contributed by atoms with Gasteiger partial charge in [-0.05, 0) is 31.2 Å². The van der Waals surface area contributed by atoms with Gasteiger partial charge in [-0.2, -0.15) is 0 Å². The van der Waals surface area contributed by atoms with Crippen molar-refractivity contribution in [2.45, 2.75) is 6.92 Å². The van der Waals surface area contributed by atoms with Crippen molar-refractivity contribution in [2.24, 2.45) is 7.05 Å². The molecule has 122 valence electrons. The third kappa shape index (κ3) is 2.58. The normalized spacial score (nSPS) is 10.6. The molecule has 1 N–H and O–H groups in total. The van der Waals surface area contributed by atoms with Crippen LogP contribution >= 0.6 is 0 Å². The fraction of sp³-hybridized carbons (Fsp3) is 0.111. The van der Waals surface area contributed by atoms with Gasteiger partial charge >= 0.3 is 11.5 Å². The highest BCUT2D eigenvalue weighted by atomic mass is 16.5. The second-order valence-electron chi connectivity index (χ2n) is 5.30. The van der Waals surface area contributed by atoms with Crippen molar-refractivity contribution in [3.05, 3.63) is 76.2 Å². The zero-order valence-electron chi connectivity index (χ0n) is 13.3. The first kappa shape index (κ1) is 15.6. The molecule has 0 saturated heterocycles. The number of phenolic OH excluding ortho intramolecular Hbond substituents is 1. The lowest BCUT2D eigenvalue weighted by Gasteiger charge is -2.07. The highest BCUT2D eigenvalue weighted by Crippen LogP contribution is 2.20. The molecule has 0 fully saturated rings. The van der Waals surface area contributed by atoms with Crippen molar-refractivity contribution in [2.75, 3.05) is 0 Å². The summed E-state index contributed by atoms with van der Waals surface area (Å²) in [6.45, 7) is 1.69. The maximum Gasteiger partial charge on any atom is 0.347 e. The summed E-state index contributed by atoms with van der Waals surface area (Å²) in [5.74, 6) is -1.03. The van der Waals surface area contributed by atoms with E-state index in [0.29, 0.717) is 11.4 Å². The van der Waals surface area contributed by atoms with Crippen LogP contribution in [0.1, 0.15) is 16.1 Å². The number of para-hydroxylation sites is 2. The maximum atomic E-state index is 12.7. The number of aromatic nitrogens is 2. The lowest BCUT2D eigenvalue weighted by molar-refractivity contribution is 0.0728. The number of nitrogens with zero attached hydrogens (tertiary/aromatic N) is 2. The largest absolute Gasteiger partial charge is 0.507 e. The molecule has 3 rings (SSSR count). The minimum Gasteiger partial charge on any atom is -0.507 e. The first-order valence-electron chi connectivity index (χ1n) is 7.35. The number of ether oxygens (including phenoxy) is 1. The van der Waals surface area contributed by atoms with Crippen molar-refractivity contribution in [1.82, 2.24) is 9.36 Å². The summed E-state index contributed by atoms with van der Waals surface area (Å²) in [5, 5.41) is 9.75. The quantitative estimate of drug-likeness (QED) is 0.751. The Morgan fingerprint density at radius 2 is 1.67 bits per heavy atom.